The van der Waals surface area contributed by atoms with Gasteiger partial charge in [0.05, 0.1) is 17.8 Å². The molecule has 16 heavy (non-hydrogen) atoms. The molecule has 1 aliphatic rings. The van der Waals surface area contributed by atoms with Crippen molar-refractivity contribution in [3.05, 3.63) is 18.0 Å². The Morgan fingerprint density at radius 2 is 2.44 bits per heavy atom. The van der Waals surface area contributed by atoms with E-state index in [9.17, 15) is 0 Å². The second-order valence-corrected chi connectivity index (χ2v) is 4.32. The van der Waals surface area contributed by atoms with E-state index in [2.05, 4.69) is 10.5 Å². The molecule has 3 N–H and O–H groups in total. The minimum atomic E-state index is -0.00588. The first-order valence-corrected chi connectivity index (χ1v) is 5.83. The highest BCUT2D eigenvalue weighted by atomic mass is 16.5. The fourth-order valence-corrected chi connectivity index (χ4v) is 2.07. The molecule has 0 bridgehead atoms. The van der Waals surface area contributed by atoms with Crippen LogP contribution in [0.5, 0.6) is 0 Å². The quantitative estimate of drug-likeness (QED) is 0.552. The molecule has 2 rings (SSSR count). The zero-order valence-electron chi connectivity index (χ0n) is 9.89. The van der Waals surface area contributed by atoms with Crippen LogP contribution in [-0.2, 0) is 11.8 Å². The molecule has 1 aliphatic carbocycles. The average molecular weight is 224 g/mol. The molecular weight excluding hydrogens is 204 g/mol. The summed E-state index contributed by atoms with van der Waals surface area (Å²) in [6, 6.07) is 1.98. The number of hydrazine groups is 1. The van der Waals surface area contributed by atoms with Crippen LogP contribution in [0.2, 0.25) is 0 Å². The van der Waals surface area contributed by atoms with Gasteiger partial charge in [0.25, 0.3) is 0 Å². The lowest BCUT2D eigenvalue weighted by atomic mass is 10.0. The van der Waals surface area contributed by atoms with Gasteiger partial charge in [-0.2, -0.15) is 5.10 Å². The number of rotatable bonds is 6. The first-order valence-electron chi connectivity index (χ1n) is 5.83. The Hall–Kier alpha value is -0.910. The minimum absolute atomic E-state index is 0.00588. The molecule has 5 nitrogen and oxygen atoms in total. The zero-order valence-corrected chi connectivity index (χ0v) is 9.89. The molecule has 1 saturated carbocycles. The highest BCUT2D eigenvalue weighted by molar-refractivity contribution is 5.09. The van der Waals surface area contributed by atoms with E-state index in [1.165, 1.54) is 12.8 Å². The Bertz CT molecular complexity index is 334. The third-order valence-corrected chi connectivity index (χ3v) is 3.01. The van der Waals surface area contributed by atoms with Gasteiger partial charge in [-0.25, -0.2) is 5.43 Å². The van der Waals surface area contributed by atoms with E-state index in [1.807, 2.05) is 26.2 Å². The van der Waals surface area contributed by atoms with Gasteiger partial charge in [-0.05, 0) is 31.7 Å². The monoisotopic (exact) mass is 224 g/mol. The van der Waals surface area contributed by atoms with Crippen molar-refractivity contribution in [3.8, 4) is 0 Å². The summed E-state index contributed by atoms with van der Waals surface area (Å²) in [5.41, 5.74) is 3.79. The maximum Gasteiger partial charge on any atom is 0.0914 e. The van der Waals surface area contributed by atoms with Crippen LogP contribution in [0, 0.1) is 5.92 Å². The minimum Gasteiger partial charge on any atom is -0.376 e. The van der Waals surface area contributed by atoms with Crippen molar-refractivity contribution in [2.75, 3.05) is 6.61 Å². The maximum absolute atomic E-state index is 5.79. The molecule has 1 heterocycles. The Morgan fingerprint density at radius 1 is 1.69 bits per heavy atom. The highest BCUT2D eigenvalue weighted by Gasteiger charge is 2.38. The summed E-state index contributed by atoms with van der Waals surface area (Å²) >= 11 is 0. The van der Waals surface area contributed by atoms with Crippen molar-refractivity contribution >= 4 is 0 Å². The van der Waals surface area contributed by atoms with E-state index in [0.29, 0.717) is 12.5 Å². The fourth-order valence-electron chi connectivity index (χ4n) is 2.07. The lowest BCUT2D eigenvalue weighted by Gasteiger charge is -2.25. The van der Waals surface area contributed by atoms with E-state index in [0.717, 1.165) is 5.69 Å². The third-order valence-electron chi connectivity index (χ3n) is 3.01. The molecule has 1 aromatic heterocycles. The Labute approximate surface area is 95.9 Å². The molecule has 1 aromatic rings. The number of nitrogens with zero attached hydrogens (tertiary/aromatic N) is 2. The molecule has 0 aliphatic heterocycles. The molecule has 5 heteroatoms. The summed E-state index contributed by atoms with van der Waals surface area (Å²) < 4.78 is 7.58. The molecule has 0 radical (unpaired) electrons. The van der Waals surface area contributed by atoms with Gasteiger partial charge >= 0.3 is 0 Å². The predicted molar refractivity (Wildman–Crippen MR) is 61.4 cm³/mol. The van der Waals surface area contributed by atoms with Gasteiger partial charge in [0.1, 0.15) is 0 Å². The van der Waals surface area contributed by atoms with Crippen molar-refractivity contribution in [1.82, 2.24) is 15.2 Å². The lowest BCUT2D eigenvalue weighted by molar-refractivity contribution is 0.0174. The van der Waals surface area contributed by atoms with E-state index < -0.39 is 0 Å². The smallest absolute Gasteiger partial charge is 0.0914 e. The topological polar surface area (TPSA) is 65.1 Å². The van der Waals surface area contributed by atoms with Gasteiger partial charge in [0.2, 0.25) is 0 Å². The summed E-state index contributed by atoms with van der Waals surface area (Å²) in [7, 11) is 1.91. The van der Waals surface area contributed by atoms with Crippen LogP contribution >= 0.6 is 0 Å². The standard InChI is InChI=1S/C11H20N4O/c1-3-16-11(8-4-5-8)10(13-12)9-6-7-15(2)14-9/h6-8,10-11,13H,3-5,12H2,1-2H3. The number of aromatic nitrogens is 2. The molecule has 2 unspecified atom stereocenters. The van der Waals surface area contributed by atoms with Crippen LogP contribution in [0.4, 0.5) is 0 Å². The van der Waals surface area contributed by atoms with E-state index in [1.54, 1.807) is 4.68 Å². The van der Waals surface area contributed by atoms with Gasteiger partial charge in [0, 0.05) is 19.9 Å². The van der Waals surface area contributed by atoms with Crippen molar-refractivity contribution < 1.29 is 4.74 Å². The van der Waals surface area contributed by atoms with Crippen molar-refractivity contribution in [2.45, 2.75) is 31.9 Å². The molecular formula is C11H20N4O. The summed E-state index contributed by atoms with van der Waals surface area (Å²) in [6.45, 7) is 2.73. The molecule has 90 valence electrons. The lowest BCUT2D eigenvalue weighted by Crippen LogP contribution is -2.39. The molecule has 0 saturated heterocycles. The van der Waals surface area contributed by atoms with Gasteiger partial charge < -0.3 is 4.74 Å². The number of ether oxygens (including phenoxy) is 1. The molecule has 0 amide bonds. The summed E-state index contributed by atoms with van der Waals surface area (Å²) in [5, 5.41) is 4.39. The zero-order chi connectivity index (χ0) is 11.5. The van der Waals surface area contributed by atoms with Crippen LogP contribution in [0.1, 0.15) is 31.5 Å². The fraction of sp³-hybridized carbons (Fsp3) is 0.727. The second-order valence-electron chi connectivity index (χ2n) is 4.32. The summed E-state index contributed by atoms with van der Waals surface area (Å²) in [5.74, 6) is 6.26. The first kappa shape index (κ1) is 11.6. The Balaban J connectivity index is 2.12. The van der Waals surface area contributed by atoms with Gasteiger partial charge in [-0.1, -0.05) is 0 Å². The van der Waals surface area contributed by atoms with Crippen molar-refractivity contribution in [1.29, 1.82) is 0 Å². The van der Waals surface area contributed by atoms with Crippen molar-refractivity contribution in [2.24, 2.45) is 18.8 Å². The van der Waals surface area contributed by atoms with E-state index >= 15 is 0 Å². The number of hydrogen-bond acceptors (Lipinski definition) is 4. The van der Waals surface area contributed by atoms with Gasteiger partial charge in [-0.3, -0.25) is 10.5 Å². The second kappa shape index (κ2) is 4.95. The van der Waals surface area contributed by atoms with Crippen LogP contribution in [0.3, 0.4) is 0 Å². The number of nitrogens with two attached hydrogens (primary N) is 1. The predicted octanol–water partition coefficient (Wildman–Crippen LogP) is 0.740. The normalized spacial score (nSPS) is 19.7. The molecule has 2 atom stereocenters. The number of aryl methyl sites for hydroxylation is 1. The number of hydrogen-bond donors (Lipinski definition) is 2. The Kier molecular flexibility index (Phi) is 3.58. The maximum atomic E-state index is 5.79. The summed E-state index contributed by atoms with van der Waals surface area (Å²) in [4.78, 5) is 0. The number of nitrogens with one attached hydrogen (secondary N) is 1. The van der Waals surface area contributed by atoms with E-state index in [-0.39, 0.29) is 12.1 Å². The third kappa shape index (κ3) is 2.42. The average Bonchev–Trinajstić information content (AvgIpc) is 3.02. The van der Waals surface area contributed by atoms with E-state index in [4.69, 9.17) is 10.6 Å². The molecule has 1 fully saturated rings. The van der Waals surface area contributed by atoms with Crippen LogP contribution in [0.25, 0.3) is 0 Å². The van der Waals surface area contributed by atoms with Crippen LogP contribution in [0.15, 0.2) is 12.3 Å². The van der Waals surface area contributed by atoms with Crippen LogP contribution < -0.4 is 11.3 Å². The first-order chi connectivity index (χ1) is 7.76. The largest absolute Gasteiger partial charge is 0.376 e. The van der Waals surface area contributed by atoms with Gasteiger partial charge in [-0.15, -0.1) is 0 Å². The van der Waals surface area contributed by atoms with Gasteiger partial charge in [0.15, 0.2) is 0 Å². The Morgan fingerprint density at radius 3 is 2.88 bits per heavy atom. The van der Waals surface area contributed by atoms with Crippen molar-refractivity contribution in [3.63, 3.8) is 0 Å². The summed E-state index contributed by atoms with van der Waals surface area (Å²) in [6.07, 6.45) is 4.53. The van der Waals surface area contributed by atoms with Crippen LogP contribution in [-0.4, -0.2) is 22.5 Å². The molecule has 0 spiro atoms. The highest BCUT2D eigenvalue weighted by Crippen LogP contribution is 2.39. The SMILES string of the molecule is CCOC(C1CC1)C(NN)c1ccn(C)n1. The molecule has 0 aromatic carbocycles.